The number of carboxylic acid groups (broad SMARTS) is 1. The molecule has 3 amide bonds. The Morgan fingerprint density at radius 2 is 1.78 bits per heavy atom. The van der Waals surface area contributed by atoms with Crippen molar-refractivity contribution < 1.29 is 29.0 Å². The number of rotatable bonds is 11. The number of carbonyl (C=O) groups excluding carboxylic acids is 3. The first kappa shape index (κ1) is 27.5. The number of hydrogen-bond donors (Lipinski definition) is 3. The summed E-state index contributed by atoms with van der Waals surface area (Å²) in [6, 6.07) is 8.66. The van der Waals surface area contributed by atoms with E-state index in [1.54, 1.807) is 0 Å². The average molecular weight is 502 g/mol. The fourth-order valence-electron chi connectivity index (χ4n) is 5.14. The Morgan fingerprint density at radius 3 is 2.42 bits per heavy atom. The van der Waals surface area contributed by atoms with E-state index in [9.17, 15) is 19.2 Å². The van der Waals surface area contributed by atoms with Gasteiger partial charge in [-0.15, -0.1) is 0 Å². The third-order valence-electron chi connectivity index (χ3n) is 7.14. The van der Waals surface area contributed by atoms with Crippen molar-refractivity contribution in [2.24, 2.45) is 17.8 Å². The minimum Gasteiger partial charge on any atom is -0.481 e. The molecule has 9 nitrogen and oxygen atoms in total. The quantitative estimate of drug-likeness (QED) is 0.417. The lowest BCUT2D eigenvalue weighted by Gasteiger charge is -2.29. The highest BCUT2D eigenvalue weighted by atomic mass is 16.6. The first-order valence-electron chi connectivity index (χ1n) is 13.1. The molecule has 1 unspecified atom stereocenters. The van der Waals surface area contributed by atoms with Crippen LogP contribution in [0.25, 0.3) is 0 Å². The summed E-state index contributed by atoms with van der Waals surface area (Å²) in [5.41, 5.74) is 3.56. The Bertz CT molecular complexity index is 900. The predicted octanol–water partition coefficient (Wildman–Crippen LogP) is 4.19. The Kier molecular flexibility index (Phi) is 10.1. The summed E-state index contributed by atoms with van der Waals surface area (Å²) in [7, 11) is 0. The van der Waals surface area contributed by atoms with Gasteiger partial charge < -0.3 is 15.2 Å². The standard InChI is InChI=1S/C27H39N3O6/c1-18(2)24(20-11-7-4-8-12-20)36-27(35)28-22(17-19-9-5-3-6-10-19)25(33)29-30-16-15-21(26(30)34)13-14-23(31)32/h4,7-8,11-12,18-19,21-22,24H,3,5-6,9-10,13-17H2,1-2H3,(H,28,35)(H,29,33)(H,31,32)/t21-,22-,24?/m0/s1. The van der Waals surface area contributed by atoms with Crippen molar-refractivity contribution in [3.63, 3.8) is 0 Å². The summed E-state index contributed by atoms with van der Waals surface area (Å²) in [4.78, 5) is 49.7. The van der Waals surface area contributed by atoms with E-state index in [0.29, 0.717) is 25.3 Å². The van der Waals surface area contributed by atoms with E-state index in [2.05, 4.69) is 10.7 Å². The molecule has 9 heteroatoms. The maximum absolute atomic E-state index is 13.2. The number of nitrogens with one attached hydrogen (secondary N) is 2. The number of carbonyl (C=O) groups is 4. The molecule has 1 aromatic rings. The topological polar surface area (TPSA) is 125 Å². The molecule has 1 heterocycles. The van der Waals surface area contributed by atoms with Crippen molar-refractivity contribution in [1.82, 2.24) is 15.8 Å². The number of amides is 3. The number of carboxylic acids is 1. The lowest BCUT2D eigenvalue weighted by Crippen LogP contribution is -2.54. The van der Waals surface area contributed by atoms with Gasteiger partial charge in [-0.05, 0) is 36.7 Å². The highest BCUT2D eigenvalue weighted by Crippen LogP contribution is 2.29. The van der Waals surface area contributed by atoms with Gasteiger partial charge in [0.25, 0.3) is 5.91 Å². The number of ether oxygens (including phenoxy) is 1. The van der Waals surface area contributed by atoms with Crippen LogP contribution in [0.2, 0.25) is 0 Å². The van der Waals surface area contributed by atoms with E-state index in [-0.39, 0.29) is 24.7 Å². The second-order valence-corrected chi connectivity index (χ2v) is 10.3. The normalized spacial score (nSPS) is 20.1. The maximum Gasteiger partial charge on any atom is 0.408 e. The molecule has 2 aliphatic rings. The molecule has 0 aromatic heterocycles. The molecule has 3 rings (SSSR count). The van der Waals surface area contributed by atoms with Crippen LogP contribution in [-0.4, -0.2) is 46.6 Å². The molecule has 2 fully saturated rings. The largest absolute Gasteiger partial charge is 0.481 e. The second-order valence-electron chi connectivity index (χ2n) is 10.3. The molecule has 1 aliphatic heterocycles. The zero-order valence-corrected chi connectivity index (χ0v) is 21.3. The van der Waals surface area contributed by atoms with Crippen LogP contribution in [-0.2, 0) is 19.1 Å². The van der Waals surface area contributed by atoms with Gasteiger partial charge in [-0.3, -0.25) is 24.8 Å². The van der Waals surface area contributed by atoms with Gasteiger partial charge in [0.15, 0.2) is 0 Å². The molecule has 36 heavy (non-hydrogen) atoms. The van der Waals surface area contributed by atoms with Gasteiger partial charge in [0, 0.05) is 18.9 Å². The maximum atomic E-state index is 13.2. The number of hydrogen-bond acceptors (Lipinski definition) is 5. The molecule has 0 radical (unpaired) electrons. The van der Waals surface area contributed by atoms with Crippen LogP contribution in [0.4, 0.5) is 4.79 Å². The fourth-order valence-corrected chi connectivity index (χ4v) is 5.14. The number of benzene rings is 1. The van der Waals surface area contributed by atoms with Crippen molar-refractivity contribution >= 4 is 23.9 Å². The van der Waals surface area contributed by atoms with E-state index in [0.717, 1.165) is 31.2 Å². The number of aliphatic carboxylic acids is 1. The highest BCUT2D eigenvalue weighted by molar-refractivity contribution is 5.89. The third-order valence-corrected chi connectivity index (χ3v) is 7.14. The first-order chi connectivity index (χ1) is 17.2. The zero-order valence-electron chi connectivity index (χ0n) is 21.3. The Hall–Kier alpha value is -3.10. The monoisotopic (exact) mass is 501 g/mol. The lowest BCUT2D eigenvalue weighted by molar-refractivity contribution is -0.142. The van der Waals surface area contributed by atoms with Gasteiger partial charge in [0.2, 0.25) is 5.91 Å². The molecule has 1 saturated carbocycles. The van der Waals surface area contributed by atoms with Crippen LogP contribution >= 0.6 is 0 Å². The number of alkyl carbamates (subject to hydrolysis) is 1. The van der Waals surface area contributed by atoms with Crippen molar-refractivity contribution in [1.29, 1.82) is 0 Å². The third kappa shape index (κ3) is 7.96. The van der Waals surface area contributed by atoms with Gasteiger partial charge in [-0.1, -0.05) is 76.3 Å². The Balaban J connectivity index is 1.65. The van der Waals surface area contributed by atoms with Gasteiger partial charge >= 0.3 is 12.1 Å². The van der Waals surface area contributed by atoms with Gasteiger partial charge in [-0.25, -0.2) is 4.79 Å². The second kappa shape index (κ2) is 13.3. The molecule has 0 bridgehead atoms. The summed E-state index contributed by atoms with van der Waals surface area (Å²) in [5, 5.41) is 12.9. The van der Waals surface area contributed by atoms with Crippen LogP contribution in [0.3, 0.4) is 0 Å². The van der Waals surface area contributed by atoms with Crippen LogP contribution in [0.5, 0.6) is 0 Å². The number of nitrogens with zero attached hydrogens (tertiary/aromatic N) is 1. The molecule has 1 aliphatic carbocycles. The summed E-state index contributed by atoms with van der Waals surface area (Å²) in [6.07, 6.45) is 5.37. The molecule has 1 saturated heterocycles. The van der Waals surface area contributed by atoms with Crippen LogP contribution in [0.15, 0.2) is 30.3 Å². The van der Waals surface area contributed by atoms with E-state index < -0.39 is 36.0 Å². The SMILES string of the molecule is CC(C)C(OC(=O)N[C@@H](CC1CCCCC1)C(=O)NN1CC[C@H](CCC(=O)O)C1=O)c1ccccc1. The Morgan fingerprint density at radius 1 is 1.08 bits per heavy atom. The molecule has 3 atom stereocenters. The first-order valence-corrected chi connectivity index (χ1v) is 13.1. The minimum absolute atomic E-state index is 0.0359. The molecular weight excluding hydrogens is 462 g/mol. The Labute approximate surface area is 212 Å². The van der Waals surface area contributed by atoms with Crippen molar-refractivity contribution in [3.8, 4) is 0 Å². The van der Waals surface area contributed by atoms with E-state index in [1.165, 1.54) is 11.4 Å². The van der Waals surface area contributed by atoms with Gasteiger partial charge in [0.05, 0.1) is 0 Å². The number of hydrazine groups is 1. The zero-order chi connectivity index (χ0) is 26.1. The fraction of sp³-hybridized carbons (Fsp3) is 0.630. The van der Waals surface area contributed by atoms with Gasteiger partial charge in [0.1, 0.15) is 12.1 Å². The van der Waals surface area contributed by atoms with Crippen molar-refractivity contribution in [2.75, 3.05) is 6.54 Å². The highest BCUT2D eigenvalue weighted by Gasteiger charge is 2.35. The summed E-state index contributed by atoms with van der Waals surface area (Å²) in [5.74, 6) is -1.77. The van der Waals surface area contributed by atoms with E-state index in [4.69, 9.17) is 9.84 Å². The summed E-state index contributed by atoms with van der Waals surface area (Å²) < 4.78 is 5.76. The van der Waals surface area contributed by atoms with E-state index in [1.807, 2.05) is 44.2 Å². The smallest absolute Gasteiger partial charge is 0.408 e. The predicted molar refractivity (Wildman–Crippen MR) is 133 cm³/mol. The van der Waals surface area contributed by atoms with Crippen LogP contribution in [0, 0.1) is 17.8 Å². The van der Waals surface area contributed by atoms with Crippen molar-refractivity contribution in [2.45, 2.75) is 83.8 Å². The molecule has 1 aromatic carbocycles. The summed E-state index contributed by atoms with van der Waals surface area (Å²) >= 11 is 0. The molecule has 198 valence electrons. The minimum atomic E-state index is -0.948. The van der Waals surface area contributed by atoms with E-state index >= 15 is 0 Å². The van der Waals surface area contributed by atoms with Gasteiger partial charge in [-0.2, -0.15) is 0 Å². The van der Waals surface area contributed by atoms with Crippen LogP contribution < -0.4 is 10.7 Å². The lowest BCUT2D eigenvalue weighted by atomic mass is 9.84. The van der Waals surface area contributed by atoms with Crippen LogP contribution in [0.1, 0.15) is 83.3 Å². The molecular formula is C27H39N3O6. The van der Waals surface area contributed by atoms with Crippen molar-refractivity contribution in [3.05, 3.63) is 35.9 Å². The summed E-state index contributed by atoms with van der Waals surface area (Å²) in [6.45, 7) is 4.26. The molecule has 0 spiro atoms. The molecule has 3 N–H and O–H groups in total. The average Bonchev–Trinajstić information content (AvgIpc) is 3.20.